The Labute approximate surface area is 204 Å². The van der Waals surface area contributed by atoms with Crippen molar-refractivity contribution < 1.29 is 18.0 Å². The number of anilines is 1. The van der Waals surface area contributed by atoms with Crippen LogP contribution in [-0.4, -0.2) is 50.5 Å². The number of nitrogens with one attached hydrogen (secondary N) is 1. The molecule has 0 spiro atoms. The number of aryl methyl sites for hydroxylation is 3. The quantitative estimate of drug-likeness (QED) is 0.555. The third kappa shape index (κ3) is 7.58. The van der Waals surface area contributed by atoms with E-state index in [0.29, 0.717) is 12.2 Å². The van der Waals surface area contributed by atoms with Crippen LogP contribution in [0.25, 0.3) is 0 Å². The number of carbonyl (C=O) groups is 2. The predicted octanol–water partition coefficient (Wildman–Crippen LogP) is 3.57. The summed E-state index contributed by atoms with van der Waals surface area (Å²) < 4.78 is 26.5. The molecule has 186 valence electrons. The van der Waals surface area contributed by atoms with Crippen LogP contribution in [0.4, 0.5) is 5.69 Å². The van der Waals surface area contributed by atoms with Gasteiger partial charge in [0.1, 0.15) is 12.6 Å². The molecule has 8 heteroatoms. The average Bonchev–Trinajstić information content (AvgIpc) is 2.75. The molecule has 0 aliphatic rings. The number of benzene rings is 2. The second-order valence-corrected chi connectivity index (χ2v) is 11.3. The Bertz CT molecular complexity index is 1110. The third-order valence-electron chi connectivity index (χ3n) is 5.64. The van der Waals surface area contributed by atoms with E-state index in [1.165, 1.54) is 4.90 Å². The van der Waals surface area contributed by atoms with Gasteiger partial charge in [-0.1, -0.05) is 55.8 Å². The largest absolute Gasteiger partial charge is 0.354 e. The second-order valence-electron chi connectivity index (χ2n) is 9.38. The van der Waals surface area contributed by atoms with Gasteiger partial charge in [-0.3, -0.25) is 13.9 Å². The lowest BCUT2D eigenvalue weighted by molar-refractivity contribution is -0.139. The maximum atomic E-state index is 13.6. The van der Waals surface area contributed by atoms with E-state index in [9.17, 15) is 18.0 Å². The van der Waals surface area contributed by atoms with Crippen molar-refractivity contribution >= 4 is 27.5 Å². The molecule has 0 unspecified atom stereocenters. The molecule has 2 rings (SSSR count). The summed E-state index contributed by atoms with van der Waals surface area (Å²) in [6, 6.07) is 12.4. The lowest BCUT2D eigenvalue weighted by Crippen LogP contribution is -2.51. The van der Waals surface area contributed by atoms with Crippen molar-refractivity contribution in [2.24, 2.45) is 5.92 Å². The molecule has 7 nitrogen and oxygen atoms in total. The van der Waals surface area contributed by atoms with E-state index in [4.69, 9.17) is 0 Å². The molecule has 34 heavy (non-hydrogen) atoms. The Hall–Kier alpha value is -2.87. The van der Waals surface area contributed by atoms with Crippen molar-refractivity contribution in [3.8, 4) is 0 Å². The lowest BCUT2D eigenvalue weighted by atomic mass is 10.1. The molecule has 0 aliphatic heterocycles. The minimum atomic E-state index is -3.75. The highest BCUT2D eigenvalue weighted by molar-refractivity contribution is 7.92. The summed E-state index contributed by atoms with van der Waals surface area (Å²) in [5.74, 6) is -0.451. The lowest BCUT2D eigenvalue weighted by Gasteiger charge is -2.32. The molecule has 1 atom stereocenters. The number of sulfonamides is 1. The zero-order chi connectivity index (χ0) is 25.6. The van der Waals surface area contributed by atoms with Crippen molar-refractivity contribution in [2.75, 3.05) is 23.7 Å². The summed E-state index contributed by atoms with van der Waals surface area (Å²) in [4.78, 5) is 27.9. The Morgan fingerprint density at radius 1 is 0.941 bits per heavy atom. The third-order valence-corrected chi connectivity index (χ3v) is 6.76. The van der Waals surface area contributed by atoms with Crippen LogP contribution in [0.15, 0.2) is 42.5 Å². The van der Waals surface area contributed by atoms with Gasteiger partial charge in [0.2, 0.25) is 21.8 Å². The van der Waals surface area contributed by atoms with Gasteiger partial charge in [0, 0.05) is 13.1 Å². The van der Waals surface area contributed by atoms with E-state index in [0.717, 1.165) is 32.8 Å². The summed E-state index contributed by atoms with van der Waals surface area (Å²) >= 11 is 0. The van der Waals surface area contributed by atoms with Crippen LogP contribution in [0, 0.1) is 26.7 Å². The van der Waals surface area contributed by atoms with Gasteiger partial charge in [0.15, 0.2) is 0 Å². The van der Waals surface area contributed by atoms with Crippen LogP contribution in [0.5, 0.6) is 0 Å². The Morgan fingerprint density at radius 2 is 1.53 bits per heavy atom. The van der Waals surface area contributed by atoms with Crippen molar-refractivity contribution in [3.63, 3.8) is 0 Å². The Kier molecular flexibility index (Phi) is 9.27. The molecular weight excluding hydrogens is 450 g/mol. The predicted molar refractivity (Wildman–Crippen MR) is 137 cm³/mol. The SMILES string of the molecule is Cc1ccc(CN(C(=O)CN(c2cc(C)ccc2C)S(C)(=O)=O)[C@@H](C)C(=O)NCC(C)C)cc1. The zero-order valence-electron chi connectivity index (χ0n) is 21.3. The molecule has 1 N–H and O–H groups in total. The summed E-state index contributed by atoms with van der Waals surface area (Å²) in [5, 5.41) is 2.88. The van der Waals surface area contributed by atoms with E-state index >= 15 is 0 Å². The van der Waals surface area contributed by atoms with Crippen LogP contribution in [0.2, 0.25) is 0 Å². The highest BCUT2D eigenvalue weighted by Crippen LogP contribution is 2.24. The van der Waals surface area contributed by atoms with E-state index in [1.807, 2.05) is 71.0 Å². The van der Waals surface area contributed by atoms with E-state index in [2.05, 4.69) is 5.32 Å². The van der Waals surface area contributed by atoms with Crippen molar-refractivity contribution in [1.82, 2.24) is 10.2 Å². The highest BCUT2D eigenvalue weighted by atomic mass is 32.2. The normalized spacial score (nSPS) is 12.4. The fourth-order valence-electron chi connectivity index (χ4n) is 3.51. The first-order chi connectivity index (χ1) is 15.8. The number of carbonyl (C=O) groups excluding carboxylic acids is 2. The smallest absolute Gasteiger partial charge is 0.244 e. The van der Waals surface area contributed by atoms with Gasteiger partial charge < -0.3 is 10.2 Å². The topological polar surface area (TPSA) is 86.8 Å². The molecule has 0 fully saturated rings. The molecule has 2 aromatic rings. The second kappa shape index (κ2) is 11.5. The molecule has 0 saturated heterocycles. The van der Waals surface area contributed by atoms with E-state index in [-0.39, 0.29) is 18.4 Å². The minimum absolute atomic E-state index is 0.194. The van der Waals surface area contributed by atoms with E-state index < -0.39 is 28.5 Å². The maximum absolute atomic E-state index is 13.6. The number of hydrogen-bond donors (Lipinski definition) is 1. The number of amides is 2. The Morgan fingerprint density at radius 3 is 2.09 bits per heavy atom. The summed E-state index contributed by atoms with van der Waals surface area (Å²) in [6.45, 7) is 11.6. The molecule has 0 bridgehead atoms. The van der Waals surface area contributed by atoms with Gasteiger partial charge in [0.25, 0.3) is 0 Å². The first-order valence-electron chi connectivity index (χ1n) is 11.5. The highest BCUT2D eigenvalue weighted by Gasteiger charge is 2.30. The van der Waals surface area contributed by atoms with Crippen LogP contribution in [0.3, 0.4) is 0 Å². The molecule has 0 heterocycles. The molecule has 2 amide bonds. The van der Waals surface area contributed by atoms with Crippen molar-refractivity contribution in [2.45, 2.75) is 54.1 Å². The number of rotatable bonds is 10. The standard InChI is InChI=1S/C26H37N3O4S/c1-18(2)15-27-26(31)22(6)28(16-23-12-9-19(3)10-13-23)25(30)17-29(34(7,32)33)24-14-20(4)8-11-21(24)5/h8-14,18,22H,15-17H2,1-7H3,(H,27,31)/t22-/m0/s1. The van der Waals surface area contributed by atoms with Gasteiger partial charge in [-0.25, -0.2) is 8.42 Å². The van der Waals surface area contributed by atoms with Gasteiger partial charge in [-0.05, 0) is 56.4 Å². The van der Waals surface area contributed by atoms with Crippen LogP contribution in [-0.2, 0) is 26.2 Å². The number of nitrogens with zero attached hydrogens (tertiary/aromatic N) is 2. The van der Waals surface area contributed by atoms with Gasteiger partial charge in [-0.2, -0.15) is 0 Å². The van der Waals surface area contributed by atoms with E-state index in [1.54, 1.807) is 13.0 Å². The number of hydrogen-bond acceptors (Lipinski definition) is 4. The van der Waals surface area contributed by atoms with Gasteiger partial charge in [0.05, 0.1) is 11.9 Å². The fraction of sp³-hybridized carbons (Fsp3) is 0.462. The molecule has 0 saturated carbocycles. The molecule has 0 aliphatic carbocycles. The molecule has 0 aromatic heterocycles. The minimum Gasteiger partial charge on any atom is -0.354 e. The summed E-state index contributed by atoms with van der Waals surface area (Å²) in [7, 11) is -3.75. The average molecular weight is 488 g/mol. The van der Waals surface area contributed by atoms with Crippen LogP contribution in [0.1, 0.15) is 43.0 Å². The van der Waals surface area contributed by atoms with Crippen molar-refractivity contribution in [1.29, 1.82) is 0 Å². The van der Waals surface area contributed by atoms with Crippen molar-refractivity contribution in [3.05, 3.63) is 64.7 Å². The maximum Gasteiger partial charge on any atom is 0.244 e. The Balaban J connectivity index is 2.40. The summed E-state index contributed by atoms with van der Waals surface area (Å²) in [5.41, 5.74) is 4.04. The first kappa shape index (κ1) is 27.4. The van der Waals surface area contributed by atoms with Gasteiger partial charge in [-0.15, -0.1) is 0 Å². The molecular formula is C26H37N3O4S. The van der Waals surface area contributed by atoms with Crippen LogP contribution < -0.4 is 9.62 Å². The first-order valence-corrected chi connectivity index (χ1v) is 13.3. The summed E-state index contributed by atoms with van der Waals surface area (Å²) in [6.07, 6.45) is 1.09. The fourth-order valence-corrected chi connectivity index (χ4v) is 4.41. The van der Waals surface area contributed by atoms with Crippen LogP contribution >= 0.6 is 0 Å². The monoisotopic (exact) mass is 487 g/mol. The molecule has 0 radical (unpaired) electrons. The zero-order valence-corrected chi connectivity index (χ0v) is 22.1. The van der Waals surface area contributed by atoms with Gasteiger partial charge >= 0.3 is 0 Å². The molecule has 2 aromatic carbocycles.